The molecule has 0 radical (unpaired) electrons. The molecular weight excluding hydrogens is 234 g/mol. The predicted molar refractivity (Wildman–Crippen MR) is 68.3 cm³/mol. The zero-order valence-electron chi connectivity index (χ0n) is 9.59. The Morgan fingerprint density at radius 3 is 2.71 bits per heavy atom. The minimum absolute atomic E-state index is 0.665. The van der Waals surface area contributed by atoms with Crippen LogP contribution in [0.15, 0.2) is 24.3 Å². The molecule has 0 saturated carbocycles. The van der Waals surface area contributed by atoms with Crippen LogP contribution in [0, 0.1) is 11.3 Å². The Morgan fingerprint density at radius 1 is 1.35 bits per heavy atom. The average Bonchev–Trinajstić information content (AvgIpc) is 2.32. The van der Waals surface area contributed by atoms with Crippen LogP contribution in [0.1, 0.15) is 12.0 Å². The van der Waals surface area contributed by atoms with Crippen LogP contribution < -0.4 is 4.74 Å². The van der Waals surface area contributed by atoms with E-state index in [1.54, 1.807) is 12.1 Å². The quantitative estimate of drug-likeness (QED) is 0.726. The van der Waals surface area contributed by atoms with Crippen molar-refractivity contribution in [3.05, 3.63) is 29.8 Å². The van der Waals surface area contributed by atoms with E-state index in [-0.39, 0.29) is 0 Å². The first-order valence-electron chi connectivity index (χ1n) is 5.71. The van der Waals surface area contributed by atoms with E-state index < -0.39 is 0 Å². The van der Waals surface area contributed by atoms with E-state index >= 15 is 0 Å². The lowest BCUT2D eigenvalue weighted by atomic mass is 10.2. The molecule has 1 aliphatic heterocycles. The van der Waals surface area contributed by atoms with Gasteiger partial charge in [-0.05, 0) is 36.4 Å². The molecule has 1 fully saturated rings. The smallest absolute Gasteiger partial charge is 0.119 e. The van der Waals surface area contributed by atoms with Crippen molar-refractivity contribution in [3.63, 3.8) is 0 Å². The molecule has 4 heteroatoms. The van der Waals surface area contributed by atoms with E-state index in [0.29, 0.717) is 10.8 Å². The Bertz CT molecular complexity index is 381. The molecule has 1 aromatic rings. The predicted octanol–water partition coefficient (Wildman–Crippen LogP) is 2.46. The van der Waals surface area contributed by atoms with Gasteiger partial charge < -0.3 is 9.47 Å². The fraction of sp³-hybridized carbons (Fsp3) is 0.462. The first-order valence-corrected chi connectivity index (χ1v) is 6.75. The van der Waals surface area contributed by atoms with E-state index in [4.69, 9.17) is 14.7 Å². The molecule has 0 atom stereocenters. The summed E-state index contributed by atoms with van der Waals surface area (Å²) in [5.74, 6) is 1.95. The van der Waals surface area contributed by atoms with Crippen LogP contribution in [0.25, 0.3) is 0 Å². The zero-order chi connectivity index (χ0) is 11.9. The minimum Gasteiger partial charge on any atom is -0.494 e. The molecule has 0 amide bonds. The molecule has 0 N–H and O–H groups in total. The lowest BCUT2D eigenvalue weighted by Gasteiger charge is -2.25. The maximum Gasteiger partial charge on any atom is 0.119 e. The third kappa shape index (κ3) is 3.95. The molecule has 3 nitrogen and oxygen atoms in total. The highest BCUT2D eigenvalue weighted by Crippen LogP contribution is 2.19. The number of benzene rings is 1. The van der Waals surface area contributed by atoms with Gasteiger partial charge in [0.2, 0.25) is 0 Å². The summed E-state index contributed by atoms with van der Waals surface area (Å²) in [6, 6.07) is 9.31. The van der Waals surface area contributed by atoms with Gasteiger partial charge in [-0.15, -0.1) is 0 Å². The number of thioether (sulfide) groups is 1. The second-order valence-corrected chi connectivity index (χ2v) is 5.28. The minimum atomic E-state index is 0.665. The van der Waals surface area contributed by atoms with Gasteiger partial charge in [-0.1, -0.05) is 0 Å². The number of hydrogen-bond donors (Lipinski definition) is 0. The van der Waals surface area contributed by atoms with Crippen molar-refractivity contribution >= 4 is 11.8 Å². The summed E-state index contributed by atoms with van der Waals surface area (Å²) in [5, 5.41) is 9.35. The second-order valence-electron chi connectivity index (χ2n) is 3.87. The molecule has 0 aliphatic carbocycles. The highest BCUT2D eigenvalue weighted by atomic mass is 32.2. The van der Waals surface area contributed by atoms with Crippen LogP contribution in [0.4, 0.5) is 0 Å². The molecule has 0 unspecified atom stereocenters. The van der Waals surface area contributed by atoms with Gasteiger partial charge in [-0.3, -0.25) is 0 Å². The molecule has 1 heterocycles. The third-order valence-corrected chi connectivity index (χ3v) is 3.77. The second kappa shape index (κ2) is 6.53. The lowest BCUT2D eigenvalue weighted by molar-refractivity contribution is 0.0455. The van der Waals surface area contributed by atoms with Crippen LogP contribution in [0.5, 0.6) is 5.75 Å². The van der Waals surface area contributed by atoms with Gasteiger partial charge in [0.25, 0.3) is 0 Å². The molecule has 0 spiro atoms. The monoisotopic (exact) mass is 249 g/mol. The van der Waals surface area contributed by atoms with Crippen molar-refractivity contribution in [2.75, 3.05) is 25.6 Å². The maximum atomic E-state index is 8.65. The van der Waals surface area contributed by atoms with Crippen molar-refractivity contribution in [3.8, 4) is 11.8 Å². The lowest BCUT2D eigenvalue weighted by Crippen LogP contribution is -2.30. The van der Waals surface area contributed by atoms with Crippen molar-refractivity contribution < 1.29 is 9.47 Å². The number of hydrogen-bond acceptors (Lipinski definition) is 4. The Labute approximate surface area is 106 Å². The normalized spacial score (nSPS) is 15.0. The standard InChI is InChI=1S/C13H15NO2S/c14-8-11-2-4-12(5-3-11)16-6-1-7-17-13-9-15-10-13/h2-5,13H,1,6-7,9-10H2. The van der Waals surface area contributed by atoms with Gasteiger partial charge in [-0.25, -0.2) is 0 Å². The molecule has 1 aliphatic rings. The summed E-state index contributed by atoms with van der Waals surface area (Å²) < 4.78 is 10.7. The summed E-state index contributed by atoms with van der Waals surface area (Å²) in [7, 11) is 0. The number of rotatable bonds is 6. The van der Waals surface area contributed by atoms with Gasteiger partial charge in [0, 0.05) is 0 Å². The first kappa shape index (κ1) is 12.3. The highest BCUT2D eigenvalue weighted by Gasteiger charge is 2.17. The van der Waals surface area contributed by atoms with Gasteiger partial charge >= 0.3 is 0 Å². The molecule has 90 valence electrons. The van der Waals surface area contributed by atoms with Crippen LogP contribution in [0.2, 0.25) is 0 Å². The van der Waals surface area contributed by atoms with Gasteiger partial charge in [0.1, 0.15) is 5.75 Å². The van der Waals surface area contributed by atoms with Crippen LogP contribution in [0.3, 0.4) is 0 Å². The summed E-state index contributed by atoms with van der Waals surface area (Å²) in [4.78, 5) is 0. The maximum absolute atomic E-state index is 8.65. The fourth-order valence-corrected chi connectivity index (χ4v) is 2.44. The summed E-state index contributed by atoms with van der Waals surface area (Å²) >= 11 is 1.96. The molecule has 17 heavy (non-hydrogen) atoms. The molecular formula is C13H15NO2S. The summed E-state index contributed by atoms with van der Waals surface area (Å²) in [5.41, 5.74) is 0.665. The number of ether oxygens (including phenoxy) is 2. The molecule has 2 rings (SSSR count). The first-order chi connectivity index (χ1) is 8.38. The zero-order valence-corrected chi connectivity index (χ0v) is 10.4. The topological polar surface area (TPSA) is 42.2 Å². The van der Waals surface area contributed by atoms with Crippen LogP contribution >= 0.6 is 11.8 Å². The highest BCUT2D eigenvalue weighted by molar-refractivity contribution is 8.00. The van der Waals surface area contributed by atoms with Gasteiger partial charge in [0.15, 0.2) is 0 Å². The Kier molecular flexibility index (Phi) is 4.72. The van der Waals surface area contributed by atoms with Gasteiger partial charge in [0.05, 0.1) is 36.7 Å². The van der Waals surface area contributed by atoms with Crippen LogP contribution in [-0.4, -0.2) is 30.8 Å². The largest absolute Gasteiger partial charge is 0.494 e. The number of nitriles is 1. The Balaban J connectivity index is 1.59. The third-order valence-electron chi connectivity index (χ3n) is 2.50. The number of nitrogens with zero attached hydrogens (tertiary/aromatic N) is 1. The van der Waals surface area contributed by atoms with Crippen LogP contribution in [-0.2, 0) is 4.74 Å². The van der Waals surface area contributed by atoms with Crippen molar-refractivity contribution in [2.24, 2.45) is 0 Å². The SMILES string of the molecule is N#Cc1ccc(OCCCSC2COC2)cc1. The molecule has 0 aromatic heterocycles. The van der Waals surface area contributed by atoms with Crippen molar-refractivity contribution in [1.82, 2.24) is 0 Å². The van der Waals surface area contributed by atoms with E-state index in [2.05, 4.69) is 6.07 Å². The molecule has 0 bridgehead atoms. The molecule has 1 aromatic carbocycles. The summed E-state index contributed by atoms with van der Waals surface area (Å²) in [6.07, 6.45) is 1.04. The van der Waals surface area contributed by atoms with E-state index in [9.17, 15) is 0 Å². The molecule has 1 saturated heterocycles. The van der Waals surface area contributed by atoms with Gasteiger partial charge in [-0.2, -0.15) is 17.0 Å². The van der Waals surface area contributed by atoms with E-state index in [1.807, 2.05) is 23.9 Å². The summed E-state index contributed by atoms with van der Waals surface area (Å²) in [6.45, 7) is 2.54. The van der Waals surface area contributed by atoms with Crippen molar-refractivity contribution in [1.29, 1.82) is 5.26 Å². The van der Waals surface area contributed by atoms with E-state index in [1.165, 1.54) is 0 Å². The van der Waals surface area contributed by atoms with E-state index in [0.717, 1.165) is 37.7 Å². The van der Waals surface area contributed by atoms with Crippen molar-refractivity contribution in [2.45, 2.75) is 11.7 Å². The Morgan fingerprint density at radius 2 is 2.12 bits per heavy atom. The average molecular weight is 249 g/mol. The fourth-order valence-electron chi connectivity index (χ4n) is 1.43. The Hall–Kier alpha value is -1.18.